The molecule has 0 radical (unpaired) electrons. The molecule has 4 aromatic carbocycles. The highest BCUT2D eigenvalue weighted by molar-refractivity contribution is 6.03. The first-order valence-electron chi connectivity index (χ1n) is 17.5. The highest BCUT2D eigenvalue weighted by atomic mass is 16.5. The minimum Gasteiger partial charge on any atom is -0.465 e. The van der Waals surface area contributed by atoms with Crippen LogP contribution in [0.25, 0.3) is 0 Å². The Hall–Kier alpha value is -6.31. The molecule has 4 rings (SSSR count). The Balaban J connectivity index is 1.26. The molecule has 0 saturated carbocycles. The molecule has 0 spiro atoms. The van der Waals surface area contributed by atoms with Crippen LogP contribution >= 0.6 is 0 Å². The van der Waals surface area contributed by atoms with Crippen molar-refractivity contribution >= 4 is 35.3 Å². The molecule has 0 fully saturated rings. The highest BCUT2D eigenvalue weighted by Gasteiger charge is 2.09. The quantitative estimate of drug-likeness (QED) is 0.0390. The van der Waals surface area contributed by atoms with Gasteiger partial charge in [0, 0.05) is 36.4 Å². The van der Waals surface area contributed by atoms with Crippen LogP contribution in [0.3, 0.4) is 0 Å². The molecule has 0 atom stereocenters. The Labute approximate surface area is 315 Å². The third kappa shape index (κ3) is 14.7. The van der Waals surface area contributed by atoms with Gasteiger partial charge < -0.3 is 40.8 Å². The fourth-order valence-corrected chi connectivity index (χ4v) is 4.80. The van der Waals surface area contributed by atoms with Gasteiger partial charge >= 0.3 is 5.97 Å². The van der Waals surface area contributed by atoms with Gasteiger partial charge in [0.25, 0.3) is 11.8 Å². The topological polar surface area (TPSA) is 164 Å². The normalized spacial score (nSPS) is 11.3. The van der Waals surface area contributed by atoms with Gasteiger partial charge in [-0.05, 0) is 66.6 Å². The van der Waals surface area contributed by atoms with Crippen LogP contribution in [0.4, 0.5) is 5.69 Å². The van der Waals surface area contributed by atoms with E-state index in [0.717, 1.165) is 11.1 Å². The molecule has 0 heterocycles. The van der Waals surface area contributed by atoms with Gasteiger partial charge in [-0.15, -0.1) is 0 Å². The SMILES string of the molecule is C=C(NCc1ccc(C(=O)OC)cc1)NC(=NC(C)=NCCOCCOCCNC(=O)c1ccccc1)Nc1ccc(C(=O)NCc2ccccc2)cc1. The lowest BCUT2D eigenvalue weighted by atomic mass is 10.1. The summed E-state index contributed by atoms with van der Waals surface area (Å²) in [5, 5.41) is 15.4. The lowest BCUT2D eigenvalue weighted by molar-refractivity contribution is 0.0512. The number of methoxy groups -OCH3 is 1. The van der Waals surface area contributed by atoms with Crippen LogP contribution in [0.5, 0.6) is 0 Å². The summed E-state index contributed by atoms with van der Waals surface area (Å²) < 4.78 is 15.9. The number of esters is 1. The number of nitrogens with one attached hydrogen (secondary N) is 5. The van der Waals surface area contributed by atoms with E-state index in [-0.39, 0.29) is 11.8 Å². The Morgan fingerprint density at radius 2 is 1.22 bits per heavy atom. The van der Waals surface area contributed by atoms with Crippen molar-refractivity contribution in [1.29, 1.82) is 0 Å². The number of hydrogen-bond acceptors (Lipinski definition) is 8. The predicted octanol–water partition coefficient (Wildman–Crippen LogP) is 4.90. The average Bonchev–Trinajstić information content (AvgIpc) is 3.20. The number of amidine groups is 1. The van der Waals surface area contributed by atoms with Crippen molar-refractivity contribution in [2.45, 2.75) is 20.0 Å². The smallest absolute Gasteiger partial charge is 0.337 e. The number of guanidine groups is 1. The monoisotopic (exact) mass is 733 g/mol. The first-order chi connectivity index (χ1) is 26.3. The molecule has 13 heteroatoms. The molecule has 0 aliphatic carbocycles. The van der Waals surface area contributed by atoms with Crippen molar-refractivity contribution in [3.05, 3.63) is 149 Å². The van der Waals surface area contributed by atoms with Gasteiger partial charge in [-0.1, -0.05) is 67.2 Å². The molecule has 0 saturated heterocycles. The van der Waals surface area contributed by atoms with Gasteiger partial charge in [0.05, 0.1) is 51.5 Å². The Bertz CT molecular complexity index is 1850. The summed E-state index contributed by atoms with van der Waals surface area (Å²) in [6.07, 6.45) is 0. The molecule has 54 heavy (non-hydrogen) atoms. The van der Waals surface area contributed by atoms with Gasteiger partial charge in [0.15, 0.2) is 0 Å². The molecule has 13 nitrogen and oxygen atoms in total. The standard InChI is InChI=1S/C41H47N7O6/c1-30(42-22-24-53-26-27-54-25-23-43-38(49)34-12-8-5-9-13-34)46-41(47-31(2)44-28-33-14-16-36(17-15-33)40(51)52-3)48-37-20-18-35(19-21-37)39(50)45-29-32-10-6-4-7-11-32/h4-21,44H,2,22-29H2,1,3H3,(H,43,49)(H,45,50)(H2,42,46,47,48). The van der Waals surface area contributed by atoms with E-state index in [9.17, 15) is 14.4 Å². The molecule has 0 aromatic heterocycles. The second-order valence-electron chi connectivity index (χ2n) is 11.8. The van der Waals surface area contributed by atoms with E-state index >= 15 is 0 Å². The fourth-order valence-electron chi connectivity index (χ4n) is 4.80. The molecular weight excluding hydrogens is 686 g/mol. The number of hydrogen-bond donors (Lipinski definition) is 5. The first-order valence-corrected chi connectivity index (χ1v) is 17.5. The van der Waals surface area contributed by atoms with Crippen LogP contribution in [0, 0.1) is 0 Å². The second-order valence-corrected chi connectivity index (χ2v) is 11.8. The van der Waals surface area contributed by atoms with E-state index in [2.05, 4.69) is 43.1 Å². The summed E-state index contributed by atoms with van der Waals surface area (Å²) in [4.78, 5) is 45.7. The number of benzene rings is 4. The Kier molecular flexibility index (Phi) is 16.9. The molecule has 0 unspecified atom stereocenters. The summed E-state index contributed by atoms with van der Waals surface area (Å²) in [6, 6.07) is 32.8. The number of carbonyl (C=O) groups is 3. The molecule has 4 aromatic rings. The van der Waals surface area contributed by atoms with E-state index in [4.69, 9.17) is 14.2 Å². The third-order valence-electron chi connectivity index (χ3n) is 7.65. The van der Waals surface area contributed by atoms with Crippen LogP contribution in [0.2, 0.25) is 0 Å². The zero-order chi connectivity index (χ0) is 38.4. The number of anilines is 1. The minimum absolute atomic E-state index is 0.138. The van der Waals surface area contributed by atoms with Crippen molar-refractivity contribution in [2.24, 2.45) is 9.98 Å². The van der Waals surface area contributed by atoms with Crippen molar-refractivity contribution in [1.82, 2.24) is 21.3 Å². The molecular formula is C41H47N7O6. The van der Waals surface area contributed by atoms with Gasteiger partial charge in [-0.2, -0.15) is 0 Å². The molecule has 0 bridgehead atoms. The zero-order valence-corrected chi connectivity index (χ0v) is 30.6. The highest BCUT2D eigenvalue weighted by Crippen LogP contribution is 2.11. The maximum Gasteiger partial charge on any atom is 0.337 e. The predicted molar refractivity (Wildman–Crippen MR) is 210 cm³/mol. The number of aliphatic imine (C=N–C) groups is 2. The van der Waals surface area contributed by atoms with Crippen LogP contribution in [-0.2, 0) is 27.3 Å². The third-order valence-corrected chi connectivity index (χ3v) is 7.65. The van der Waals surface area contributed by atoms with Crippen LogP contribution < -0.4 is 26.6 Å². The lowest BCUT2D eigenvalue weighted by Gasteiger charge is -2.16. The number of amides is 2. The summed E-state index contributed by atoms with van der Waals surface area (Å²) in [7, 11) is 1.34. The number of nitrogens with zero attached hydrogens (tertiary/aromatic N) is 2. The number of rotatable bonds is 19. The molecule has 0 aliphatic rings. The first kappa shape index (κ1) is 40.5. The fraction of sp³-hybridized carbons (Fsp3) is 0.244. The van der Waals surface area contributed by atoms with Crippen molar-refractivity contribution in [3.8, 4) is 0 Å². The van der Waals surface area contributed by atoms with E-state index in [1.807, 2.05) is 60.7 Å². The van der Waals surface area contributed by atoms with Crippen molar-refractivity contribution < 1.29 is 28.6 Å². The average molecular weight is 734 g/mol. The van der Waals surface area contributed by atoms with Gasteiger partial charge in [-0.25, -0.2) is 9.79 Å². The summed E-state index contributed by atoms with van der Waals surface area (Å²) in [5.41, 5.74) is 4.21. The Morgan fingerprint density at radius 1 is 0.648 bits per heavy atom. The number of ether oxygens (including phenoxy) is 3. The van der Waals surface area contributed by atoms with E-state index in [1.165, 1.54) is 7.11 Å². The van der Waals surface area contributed by atoms with Gasteiger partial charge in [-0.3, -0.25) is 14.6 Å². The lowest BCUT2D eigenvalue weighted by Crippen LogP contribution is -2.36. The summed E-state index contributed by atoms with van der Waals surface area (Å²) in [6.45, 7) is 9.02. The molecule has 282 valence electrons. The van der Waals surface area contributed by atoms with E-state index in [0.29, 0.717) is 92.6 Å². The van der Waals surface area contributed by atoms with Gasteiger partial charge in [0.2, 0.25) is 5.96 Å². The molecule has 2 amide bonds. The van der Waals surface area contributed by atoms with Gasteiger partial charge in [0.1, 0.15) is 5.84 Å². The summed E-state index contributed by atoms with van der Waals surface area (Å²) in [5.74, 6) is 0.585. The zero-order valence-electron chi connectivity index (χ0n) is 30.6. The maximum atomic E-state index is 12.7. The minimum atomic E-state index is -0.399. The molecule has 5 N–H and O–H groups in total. The van der Waals surface area contributed by atoms with E-state index < -0.39 is 5.97 Å². The largest absolute Gasteiger partial charge is 0.465 e. The summed E-state index contributed by atoms with van der Waals surface area (Å²) >= 11 is 0. The maximum absolute atomic E-state index is 12.7. The van der Waals surface area contributed by atoms with Crippen molar-refractivity contribution in [3.63, 3.8) is 0 Å². The van der Waals surface area contributed by atoms with Crippen LogP contribution in [0.15, 0.2) is 132 Å². The molecule has 0 aliphatic heterocycles. The second kappa shape index (κ2) is 22.6. The number of carbonyl (C=O) groups excluding carboxylic acids is 3. The Morgan fingerprint density at radius 3 is 1.91 bits per heavy atom. The van der Waals surface area contributed by atoms with Crippen LogP contribution in [-0.4, -0.2) is 76.2 Å². The van der Waals surface area contributed by atoms with E-state index in [1.54, 1.807) is 55.5 Å². The van der Waals surface area contributed by atoms with Crippen molar-refractivity contribution in [2.75, 3.05) is 51.9 Å². The van der Waals surface area contributed by atoms with Crippen LogP contribution in [0.1, 0.15) is 49.1 Å².